The maximum absolute atomic E-state index is 12.3. The average molecular weight is 384 g/mol. The quantitative estimate of drug-likeness (QED) is 0.599. The molecule has 0 unspecified atom stereocenters. The molecule has 0 spiro atoms. The highest BCUT2D eigenvalue weighted by molar-refractivity contribution is 6.54. The third-order valence-corrected chi connectivity index (χ3v) is 4.49. The number of halogens is 4. The van der Waals surface area contributed by atoms with Crippen molar-refractivity contribution >= 4 is 64.1 Å². The number of hydrogen-bond acceptors (Lipinski definition) is 4. The van der Waals surface area contributed by atoms with Crippen LogP contribution in [0.1, 0.15) is 26.3 Å². The largest absolute Gasteiger partial charge is 0.478 e. The van der Waals surface area contributed by atoms with Crippen LogP contribution in [0.4, 0.5) is 5.82 Å². The van der Waals surface area contributed by atoms with Gasteiger partial charge in [-0.05, 0) is 6.92 Å². The summed E-state index contributed by atoms with van der Waals surface area (Å²) < 4.78 is 4.67. The highest BCUT2D eigenvalue weighted by atomic mass is 35.5. The van der Waals surface area contributed by atoms with Crippen molar-refractivity contribution in [3.8, 4) is 0 Å². The lowest BCUT2D eigenvalue weighted by Crippen LogP contribution is -2.18. The molecule has 22 heavy (non-hydrogen) atoms. The number of benzene rings is 1. The minimum Gasteiger partial charge on any atom is -0.478 e. The fourth-order valence-corrected chi connectivity index (χ4v) is 2.64. The first-order valence-electron chi connectivity index (χ1n) is 5.57. The molecule has 2 rings (SSSR count). The third kappa shape index (κ3) is 2.87. The first kappa shape index (κ1) is 16.9. The molecular formula is C12H6Cl4N2O4. The van der Waals surface area contributed by atoms with E-state index in [1.54, 1.807) is 6.92 Å². The number of rotatable bonds is 3. The molecule has 0 bridgehead atoms. The zero-order valence-corrected chi connectivity index (χ0v) is 13.7. The molecule has 0 saturated carbocycles. The predicted octanol–water partition coefficient (Wildman–Crippen LogP) is 4.55. The number of amides is 1. The van der Waals surface area contributed by atoms with Crippen LogP contribution >= 0.6 is 46.4 Å². The molecule has 1 aromatic heterocycles. The summed E-state index contributed by atoms with van der Waals surface area (Å²) in [5.74, 6) is -2.23. The number of carbonyl (C=O) groups is 2. The lowest BCUT2D eigenvalue weighted by atomic mass is 10.1. The van der Waals surface area contributed by atoms with Gasteiger partial charge in [0.25, 0.3) is 5.91 Å². The molecule has 0 saturated heterocycles. The summed E-state index contributed by atoms with van der Waals surface area (Å²) in [5, 5.41) is 14.0. The van der Waals surface area contributed by atoms with E-state index in [1.165, 1.54) is 6.26 Å². The SMILES string of the molecule is Cc1conc1NC(=O)c1c(Cl)c(Cl)c(Cl)c(Cl)c1C(=O)O. The number of aromatic nitrogens is 1. The average Bonchev–Trinajstić information content (AvgIpc) is 2.85. The molecule has 1 amide bonds. The van der Waals surface area contributed by atoms with Crippen molar-refractivity contribution in [3.63, 3.8) is 0 Å². The molecule has 2 aromatic rings. The maximum atomic E-state index is 12.3. The van der Waals surface area contributed by atoms with Crippen molar-refractivity contribution in [2.24, 2.45) is 0 Å². The van der Waals surface area contributed by atoms with E-state index in [4.69, 9.17) is 46.4 Å². The molecule has 2 N–H and O–H groups in total. The summed E-state index contributed by atoms with van der Waals surface area (Å²) in [6, 6.07) is 0. The van der Waals surface area contributed by atoms with Gasteiger partial charge in [0.05, 0.1) is 31.2 Å². The van der Waals surface area contributed by atoms with Gasteiger partial charge < -0.3 is 14.9 Å². The Morgan fingerprint density at radius 2 is 1.64 bits per heavy atom. The normalized spacial score (nSPS) is 10.6. The van der Waals surface area contributed by atoms with Crippen LogP contribution in [0, 0.1) is 6.92 Å². The third-order valence-electron chi connectivity index (χ3n) is 2.69. The summed E-state index contributed by atoms with van der Waals surface area (Å²) in [6.45, 7) is 1.63. The van der Waals surface area contributed by atoms with Crippen LogP contribution in [0.25, 0.3) is 0 Å². The molecular weight excluding hydrogens is 378 g/mol. The Morgan fingerprint density at radius 3 is 2.09 bits per heavy atom. The number of nitrogens with zero attached hydrogens (tertiary/aromatic N) is 1. The Kier molecular flexibility index (Phi) is 4.87. The van der Waals surface area contributed by atoms with Crippen LogP contribution in [-0.4, -0.2) is 22.1 Å². The second-order valence-corrected chi connectivity index (χ2v) is 5.62. The topological polar surface area (TPSA) is 92.4 Å². The number of carbonyl (C=O) groups excluding carboxylic acids is 1. The van der Waals surface area contributed by atoms with E-state index in [-0.39, 0.29) is 25.9 Å². The molecule has 0 aliphatic rings. The zero-order valence-electron chi connectivity index (χ0n) is 10.7. The van der Waals surface area contributed by atoms with Crippen molar-refractivity contribution in [1.29, 1.82) is 0 Å². The molecule has 1 heterocycles. The van der Waals surface area contributed by atoms with E-state index in [1.807, 2.05) is 0 Å². The van der Waals surface area contributed by atoms with Crippen molar-refractivity contribution in [2.45, 2.75) is 6.92 Å². The summed E-state index contributed by atoms with van der Waals surface area (Å²) in [7, 11) is 0. The second-order valence-electron chi connectivity index (χ2n) is 4.11. The van der Waals surface area contributed by atoms with Crippen molar-refractivity contribution in [1.82, 2.24) is 5.16 Å². The Labute approximate surface area is 143 Å². The second kappa shape index (κ2) is 6.34. The summed E-state index contributed by atoms with van der Waals surface area (Å²) in [5.41, 5.74) is -0.441. The van der Waals surface area contributed by atoms with Gasteiger partial charge in [-0.15, -0.1) is 0 Å². The highest BCUT2D eigenvalue weighted by Crippen LogP contribution is 2.41. The Balaban J connectivity index is 2.61. The van der Waals surface area contributed by atoms with Gasteiger partial charge in [-0.3, -0.25) is 4.79 Å². The van der Waals surface area contributed by atoms with Gasteiger partial charge in [0.2, 0.25) is 0 Å². The molecule has 0 fully saturated rings. The van der Waals surface area contributed by atoms with Gasteiger partial charge in [0.1, 0.15) is 6.26 Å². The number of aromatic carboxylic acids is 1. The monoisotopic (exact) mass is 382 g/mol. The molecule has 10 heteroatoms. The molecule has 0 aliphatic carbocycles. The van der Waals surface area contributed by atoms with Crippen molar-refractivity contribution < 1.29 is 19.2 Å². The van der Waals surface area contributed by atoms with Gasteiger partial charge in [-0.1, -0.05) is 51.6 Å². The van der Waals surface area contributed by atoms with Crippen molar-refractivity contribution in [3.05, 3.63) is 43.0 Å². The Bertz CT molecular complexity index is 788. The molecule has 0 atom stereocenters. The molecule has 0 aliphatic heterocycles. The fourth-order valence-electron chi connectivity index (χ4n) is 1.62. The highest BCUT2D eigenvalue weighted by Gasteiger charge is 2.29. The number of carboxylic acids is 1. The van der Waals surface area contributed by atoms with Crippen molar-refractivity contribution in [2.75, 3.05) is 5.32 Å². The summed E-state index contributed by atoms with van der Waals surface area (Å²) >= 11 is 23.5. The zero-order chi connectivity index (χ0) is 16.6. The van der Waals surface area contributed by atoms with Gasteiger partial charge >= 0.3 is 5.97 Å². The van der Waals surface area contributed by atoms with E-state index in [0.717, 1.165) is 0 Å². The van der Waals surface area contributed by atoms with Gasteiger partial charge in [-0.2, -0.15) is 0 Å². The smallest absolute Gasteiger partial charge is 0.338 e. The lowest BCUT2D eigenvalue weighted by Gasteiger charge is -2.13. The Hall–Kier alpha value is -1.47. The van der Waals surface area contributed by atoms with Gasteiger partial charge in [-0.25, -0.2) is 4.79 Å². The molecule has 6 nitrogen and oxygen atoms in total. The Morgan fingerprint density at radius 1 is 1.09 bits per heavy atom. The van der Waals surface area contributed by atoms with Crippen LogP contribution in [0.3, 0.4) is 0 Å². The van der Waals surface area contributed by atoms with Gasteiger partial charge in [0, 0.05) is 5.56 Å². The van der Waals surface area contributed by atoms with Crippen LogP contribution in [-0.2, 0) is 0 Å². The minimum atomic E-state index is -1.48. The van der Waals surface area contributed by atoms with E-state index < -0.39 is 23.0 Å². The number of hydrogen-bond donors (Lipinski definition) is 2. The first-order valence-corrected chi connectivity index (χ1v) is 7.08. The standard InChI is InChI=1S/C12H6Cl4N2O4/c1-3-2-22-18-10(3)17-11(19)4-5(12(20)21)7(14)9(16)8(15)6(4)13/h2H,1H3,(H,20,21)(H,17,18,19). The number of anilines is 1. The van der Waals surface area contributed by atoms with E-state index >= 15 is 0 Å². The summed E-state index contributed by atoms with van der Waals surface area (Å²) in [6.07, 6.45) is 1.30. The van der Waals surface area contributed by atoms with Crippen LogP contribution in [0.15, 0.2) is 10.8 Å². The van der Waals surface area contributed by atoms with Crippen LogP contribution in [0.2, 0.25) is 20.1 Å². The minimum absolute atomic E-state index is 0.111. The number of carboxylic acid groups (broad SMARTS) is 1. The van der Waals surface area contributed by atoms with E-state index in [9.17, 15) is 14.7 Å². The summed E-state index contributed by atoms with van der Waals surface area (Å²) in [4.78, 5) is 23.7. The van der Waals surface area contributed by atoms with Crippen LogP contribution in [0.5, 0.6) is 0 Å². The molecule has 0 radical (unpaired) electrons. The van der Waals surface area contributed by atoms with E-state index in [0.29, 0.717) is 5.56 Å². The molecule has 116 valence electrons. The number of aryl methyl sites for hydroxylation is 1. The molecule has 1 aromatic carbocycles. The fraction of sp³-hybridized carbons (Fsp3) is 0.0833. The van der Waals surface area contributed by atoms with E-state index in [2.05, 4.69) is 15.0 Å². The predicted molar refractivity (Wildman–Crippen MR) is 82.6 cm³/mol. The van der Waals surface area contributed by atoms with Gasteiger partial charge in [0.15, 0.2) is 5.82 Å². The lowest BCUT2D eigenvalue weighted by molar-refractivity contribution is 0.0692. The maximum Gasteiger partial charge on any atom is 0.338 e. The van der Waals surface area contributed by atoms with Crippen LogP contribution < -0.4 is 5.32 Å². The first-order chi connectivity index (χ1) is 10.3. The number of nitrogens with one attached hydrogen (secondary N) is 1.